The first-order valence-corrected chi connectivity index (χ1v) is 8.34. The number of hydrogen-bond donors (Lipinski definition) is 1. The number of nitrogens with zero attached hydrogens (tertiary/aromatic N) is 1. The predicted molar refractivity (Wildman–Crippen MR) is 96.3 cm³/mol. The molecule has 0 saturated heterocycles. The fraction of sp³-hybridized carbons (Fsp3) is 0.300. The third kappa shape index (κ3) is 3.48. The number of benzene rings is 2. The highest BCUT2D eigenvalue weighted by atomic mass is 16.2. The fourth-order valence-corrected chi connectivity index (χ4v) is 3.03. The summed E-state index contributed by atoms with van der Waals surface area (Å²) in [4.78, 5) is 25.7. The minimum Gasteiger partial charge on any atom is -0.326 e. The average molecular weight is 322 g/mol. The summed E-state index contributed by atoms with van der Waals surface area (Å²) in [6.45, 7) is 2.11. The van der Waals surface area contributed by atoms with E-state index >= 15 is 0 Å². The maximum atomic E-state index is 12.2. The number of fused-ring (bicyclic) bond motifs is 1. The Labute approximate surface area is 142 Å². The highest BCUT2D eigenvalue weighted by molar-refractivity contribution is 5.96. The Morgan fingerprint density at radius 3 is 2.50 bits per heavy atom. The van der Waals surface area contributed by atoms with Gasteiger partial charge in [0.1, 0.15) is 0 Å². The van der Waals surface area contributed by atoms with Gasteiger partial charge < -0.3 is 10.2 Å². The Bertz CT molecular complexity index is 766. The zero-order valence-corrected chi connectivity index (χ0v) is 14.1. The van der Waals surface area contributed by atoms with Crippen LogP contribution in [0.3, 0.4) is 0 Å². The maximum Gasteiger partial charge on any atom is 0.228 e. The van der Waals surface area contributed by atoms with Crippen LogP contribution in [-0.4, -0.2) is 18.9 Å². The van der Waals surface area contributed by atoms with E-state index in [0.717, 1.165) is 35.3 Å². The summed E-state index contributed by atoms with van der Waals surface area (Å²) in [5, 5.41) is 2.93. The molecular weight excluding hydrogens is 300 g/mol. The molecule has 0 aliphatic carbocycles. The molecule has 2 aromatic carbocycles. The van der Waals surface area contributed by atoms with Crippen molar-refractivity contribution in [1.29, 1.82) is 0 Å². The second-order valence-electron chi connectivity index (χ2n) is 6.19. The number of aryl methyl sites for hydroxylation is 2. The minimum absolute atomic E-state index is 0.0283. The lowest BCUT2D eigenvalue weighted by molar-refractivity contribution is -0.118. The Morgan fingerprint density at radius 1 is 1.08 bits per heavy atom. The lowest BCUT2D eigenvalue weighted by Crippen LogP contribution is -2.31. The van der Waals surface area contributed by atoms with Crippen molar-refractivity contribution in [2.75, 3.05) is 17.3 Å². The van der Waals surface area contributed by atoms with E-state index in [1.807, 2.05) is 42.5 Å². The second kappa shape index (κ2) is 6.87. The zero-order valence-electron chi connectivity index (χ0n) is 14.1. The molecule has 24 heavy (non-hydrogen) atoms. The van der Waals surface area contributed by atoms with Crippen molar-refractivity contribution >= 4 is 23.2 Å². The standard InChI is InChI=1S/C20H22N2O2/c1-3-14-4-8-17(9-5-14)21-19(23)13-15-6-10-18-16(12-15)7-11-20(24)22(18)2/h4-6,8-10,12H,3,7,11,13H2,1-2H3,(H,21,23). The average Bonchev–Trinajstić information content (AvgIpc) is 2.59. The van der Waals surface area contributed by atoms with E-state index < -0.39 is 0 Å². The minimum atomic E-state index is -0.0283. The number of carbonyl (C=O) groups excluding carboxylic acids is 2. The highest BCUT2D eigenvalue weighted by Gasteiger charge is 2.21. The van der Waals surface area contributed by atoms with Crippen LogP contribution in [-0.2, 0) is 28.9 Å². The Morgan fingerprint density at radius 2 is 1.79 bits per heavy atom. The first-order chi connectivity index (χ1) is 11.6. The van der Waals surface area contributed by atoms with E-state index in [0.29, 0.717) is 12.8 Å². The van der Waals surface area contributed by atoms with E-state index in [1.54, 1.807) is 11.9 Å². The molecule has 1 aliphatic heterocycles. The summed E-state index contributed by atoms with van der Waals surface area (Å²) in [5.74, 6) is 0.114. The van der Waals surface area contributed by atoms with Gasteiger partial charge in [-0.1, -0.05) is 31.2 Å². The van der Waals surface area contributed by atoms with Crippen LogP contribution in [0, 0.1) is 0 Å². The zero-order chi connectivity index (χ0) is 17.1. The molecule has 0 atom stereocenters. The molecule has 1 heterocycles. The van der Waals surface area contributed by atoms with Crippen LogP contribution in [0.1, 0.15) is 30.0 Å². The first kappa shape index (κ1) is 16.2. The van der Waals surface area contributed by atoms with Gasteiger partial charge in [0.2, 0.25) is 11.8 Å². The molecule has 0 fully saturated rings. The number of rotatable bonds is 4. The SMILES string of the molecule is CCc1ccc(NC(=O)Cc2ccc3c(c2)CCC(=O)N3C)cc1. The van der Waals surface area contributed by atoms with Crippen LogP contribution in [0.2, 0.25) is 0 Å². The van der Waals surface area contributed by atoms with E-state index in [-0.39, 0.29) is 11.8 Å². The molecule has 0 unspecified atom stereocenters. The molecule has 0 radical (unpaired) electrons. The summed E-state index contributed by atoms with van der Waals surface area (Å²) < 4.78 is 0. The van der Waals surface area contributed by atoms with Crippen LogP contribution in [0.4, 0.5) is 11.4 Å². The molecule has 0 saturated carbocycles. The van der Waals surface area contributed by atoms with Gasteiger partial charge in [0, 0.05) is 24.8 Å². The van der Waals surface area contributed by atoms with Crippen LogP contribution >= 0.6 is 0 Å². The summed E-state index contributed by atoms with van der Waals surface area (Å²) >= 11 is 0. The van der Waals surface area contributed by atoms with E-state index in [4.69, 9.17) is 0 Å². The maximum absolute atomic E-state index is 12.2. The third-order valence-electron chi connectivity index (χ3n) is 4.50. The number of amides is 2. The normalized spacial score (nSPS) is 13.6. The van der Waals surface area contributed by atoms with E-state index in [9.17, 15) is 9.59 Å². The molecule has 124 valence electrons. The smallest absolute Gasteiger partial charge is 0.228 e. The van der Waals surface area contributed by atoms with Crippen molar-refractivity contribution in [3.63, 3.8) is 0 Å². The molecular formula is C20H22N2O2. The fourth-order valence-electron chi connectivity index (χ4n) is 3.03. The van der Waals surface area contributed by atoms with Crippen LogP contribution in [0.15, 0.2) is 42.5 Å². The van der Waals surface area contributed by atoms with Crippen LogP contribution in [0.5, 0.6) is 0 Å². The van der Waals surface area contributed by atoms with Gasteiger partial charge >= 0.3 is 0 Å². The van der Waals surface area contributed by atoms with Crippen molar-refractivity contribution in [2.24, 2.45) is 0 Å². The van der Waals surface area contributed by atoms with E-state index in [1.165, 1.54) is 5.56 Å². The van der Waals surface area contributed by atoms with Crippen molar-refractivity contribution in [1.82, 2.24) is 0 Å². The Balaban J connectivity index is 1.67. The molecule has 3 rings (SSSR count). The van der Waals surface area contributed by atoms with Gasteiger partial charge in [0.25, 0.3) is 0 Å². The lowest BCUT2D eigenvalue weighted by Gasteiger charge is -2.26. The molecule has 2 aromatic rings. The van der Waals surface area contributed by atoms with Crippen molar-refractivity contribution < 1.29 is 9.59 Å². The quantitative estimate of drug-likeness (QED) is 0.938. The number of nitrogens with one attached hydrogen (secondary N) is 1. The highest BCUT2D eigenvalue weighted by Crippen LogP contribution is 2.27. The van der Waals surface area contributed by atoms with Crippen LogP contribution < -0.4 is 10.2 Å². The first-order valence-electron chi connectivity index (χ1n) is 8.34. The molecule has 0 spiro atoms. The van der Waals surface area contributed by atoms with Gasteiger partial charge in [-0.25, -0.2) is 0 Å². The lowest BCUT2D eigenvalue weighted by atomic mass is 9.98. The van der Waals surface area contributed by atoms with Gasteiger partial charge in [0.15, 0.2) is 0 Å². The van der Waals surface area contributed by atoms with Gasteiger partial charge in [-0.3, -0.25) is 9.59 Å². The third-order valence-corrected chi connectivity index (χ3v) is 4.50. The summed E-state index contributed by atoms with van der Waals surface area (Å²) in [7, 11) is 1.80. The summed E-state index contributed by atoms with van der Waals surface area (Å²) in [6.07, 6.45) is 2.59. The van der Waals surface area contributed by atoms with Gasteiger partial charge in [-0.15, -0.1) is 0 Å². The summed E-state index contributed by atoms with van der Waals surface area (Å²) in [5.41, 5.74) is 5.13. The largest absolute Gasteiger partial charge is 0.326 e. The van der Waals surface area contributed by atoms with Gasteiger partial charge in [-0.05, 0) is 47.7 Å². The molecule has 1 N–H and O–H groups in total. The Hall–Kier alpha value is -2.62. The topological polar surface area (TPSA) is 49.4 Å². The number of carbonyl (C=O) groups is 2. The number of anilines is 2. The van der Waals surface area contributed by atoms with Crippen molar-refractivity contribution in [2.45, 2.75) is 32.6 Å². The molecule has 2 amide bonds. The Kier molecular flexibility index (Phi) is 4.65. The molecule has 0 bridgehead atoms. The predicted octanol–water partition coefficient (Wildman–Crippen LogP) is 3.34. The van der Waals surface area contributed by atoms with Gasteiger partial charge in [-0.2, -0.15) is 0 Å². The van der Waals surface area contributed by atoms with Gasteiger partial charge in [0.05, 0.1) is 6.42 Å². The molecule has 0 aromatic heterocycles. The van der Waals surface area contributed by atoms with Crippen molar-refractivity contribution in [3.05, 3.63) is 59.2 Å². The number of hydrogen-bond acceptors (Lipinski definition) is 2. The molecule has 1 aliphatic rings. The molecule has 4 nitrogen and oxygen atoms in total. The van der Waals surface area contributed by atoms with Crippen LogP contribution in [0.25, 0.3) is 0 Å². The second-order valence-corrected chi connectivity index (χ2v) is 6.19. The van der Waals surface area contributed by atoms with Crippen molar-refractivity contribution in [3.8, 4) is 0 Å². The summed E-state index contributed by atoms with van der Waals surface area (Å²) in [6, 6.07) is 13.8. The monoisotopic (exact) mass is 322 g/mol. The van der Waals surface area contributed by atoms with E-state index in [2.05, 4.69) is 12.2 Å². The molecule has 4 heteroatoms.